The largest absolute Gasteiger partial charge is 0.355 e. The SMILES string of the molecule is CCN(CC)C1CCN(c2ncc(CNC)cc2C)C1. The fraction of sp³-hybridized carbons (Fsp3) is 0.688. The van der Waals surface area contributed by atoms with Crippen LogP contribution in [0.3, 0.4) is 0 Å². The number of hydrogen-bond donors (Lipinski definition) is 1. The monoisotopic (exact) mass is 276 g/mol. The number of aryl methyl sites for hydroxylation is 1. The third-order valence-electron chi connectivity index (χ3n) is 4.28. The molecule has 1 unspecified atom stereocenters. The van der Waals surface area contributed by atoms with Gasteiger partial charge >= 0.3 is 0 Å². The molecule has 0 aliphatic carbocycles. The Morgan fingerprint density at radius 2 is 2.15 bits per heavy atom. The second-order valence-electron chi connectivity index (χ2n) is 5.62. The number of rotatable bonds is 6. The van der Waals surface area contributed by atoms with E-state index >= 15 is 0 Å². The van der Waals surface area contributed by atoms with Crippen LogP contribution in [0.5, 0.6) is 0 Å². The van der Waals surface area contributed by atoms with Gasteiger partial charge in [0.05, 0.1) is 0 Å². The van der Waals surface area contributed by atoms with Crippen LogP contribution in [-0.4, -0.2) is 49.2 Å². The molecule has 112 valence electrons. The van der Waals surface area contributed by atoms with Crippen molar-refractivity contribution in [1.82, 2.24) is 15.2 Å². The molecule has 1 aliphatic rings. The predicted octanol–water partition coefficient (Wildman–Crippen LogP) is 2.03. The van der Waals surface area contributed by atoms with E-state index in [1.165, 1.54) is 23.4 Å². The van der Waals surface area contributed by atoms with Crippen molar-refractivity contribution in [3.63, 3.8) is 0 Å². The minimum absolute atomic E-state index is 0.684. The lowest BCUT2D eigenvalue weighted by Crippen LogP contribution is -2.37. The average Bonchev–Trinajstić information content (AvgIpc) is 2.90. The molecule has 0 saturated carbocycles. The molecule has 4 heteroatoms. The summed E-state index contributed by atoms with van der Waals surface area (Å²) in [6.45, 7) is 12.1. The third-order valence-corrected chi connectivity index (χ3v) is 4.28. The minimum Gasteiger partial charge on any atom is -0.355 e. The van der Waals surface area contributed by atoms with Gasteiger partial charge in [-0.1, -0.05) is 13.8 Å². The first-order chi connectivity index (χ1) is 9.69. The van der Waals surface area contributed by atoms with E-state index in [1.807, 2.05) is 13.2 Å². The summed E-state index contributed by atoms with van der Waals surface area (Å²) in [6, 6.07) is 2.94. The first-order valence-electron chi connectivity index (χ1n) is 7.78. The van der Waals surface area contributed by atoms with Crippen molar-refractivity contribution in [3.05, 3.63) is 23.4 Å². The van der Waals surface area contributed by atoms with Crippen LogP contribution >= 0.6 is 0 Å². The van der Waals surface area contributed by atoms with Crippen LogP contribution in [0.4, 0.5) is 5.82 Å². The van der Waals surface area contributed by atoms with Gasteiger partial charge in [-0.25, -0.2) is 4.98 Å². The number of nitrogens with zero attached hydrogens (tertiary/aromatic N) is 3. The lowest BCUT2D eigenvalue weighted by Gasteiger charge is -2.26. The van der Waals surface area contributed by atoms with Gasteiger partial charge < -0.3 is 10.2 Å². The van der Waals surface area contributed by atoms with Gasteiger partial charge in [-0.3, -0.25) is 4.90 Å². The van der Waals surface area contributed by atoms with Gasteiger partial charge in [0.15, 0.2) is 0 Å². The molecule has 4 nitrogen and oxygen atoms in total. The molecule has 1 aromatic rings. The molecule has 0 bridgehead atoms. The van der Waals surface area contributed by atoms with Crippen LogP contribution in [0.25, 0.3) is 0 Å². The summed E-state index contributed by atoms with van der Waals surface area (Å²) in [5.74, 6) is 1.17. The van der Waals surface area contributed by atoms with E-state index in [9.17, 15) is 0 Å². The van der Waals surface area contributed by atoms with Crippen LogP contribution in [0.2, 0.25) is 0 Å². The summed E-state index contributed by atoms with van der Waals surface area (Å²) < 4.78 is 0. The van der Waals surface area contributed by atoms with Crippen molar-refractivity contribution in [3.8, 4) is 0 Å². The number of hydrogen-bond acceptors (Lipinski definition) is 4. The second-order valence-corrected chi connectivity index (χ2v) is 5.62. The molecule has 1 aromatic heterocycles. The van der Waals surface area contributed by atoms with Crippen molar-refractivity contribution in [2.45, 2.75) is 39.8 Å². The van der Waals surface area contributed by atoms with Gasteiger partial charge in [-0.15, -0.1) is 0 Å². The number of pyridine rings is 1. The molecule has 1 atom stereocenters. The van der Waals surface area contributed by atoms with E-state index < -0.39 is 0 Å². The van der Waals surface area contributed by atoms with Crippen LogP contribution in [0, 0.1) is 6.92 Å². The lowest BCUT2D eigenvalue weighted by atomic mass is 10.2. The maximum Gasteiger partial charge on any atom is 0.131 e. The van der Waals surface area contributed by atoms with Gasteiger partial charge in [0.1, 0.15) is 5.82 Å². The van der Waals surface area contributed by atoms with Crippen molar-refractivity contribution in [1.29, 1.82) is 0 Å². The Labute approximate surface area is 123 Å². The van der Waals surface area contributed by atoms with Gasteiger partial charge in [-0.2, -0.15) is 0 Å². The minimum atomic E-state index is 0.684. The summed E-state index contributed by atoms with van der Waals surface area (Å²) in [7, 11) is 1.97. The third kappa shape index (κ3) is 3.30. The number of aromatic nitrogens is 1. The fourth-order valence-corrected chi connectivity index (χ4v) is 3.23. The van der Waals surface area contributed by atoms with Crippen molar-refractivity contribution >= 4 is 5.82 Å². The van der Waals surface area contributed by atoms with Crippen LogP contribution in [0.15, 0.2) is 12.3 Å². The smallest absolute Gasteiger partial charge is 0.131 e. The van der Waals surface area contributed by atoms with E-state index in [0.717, 1.165) is 32.7 Å². The van der Waals surface area contributed by atoms with Crippen LogP contribution in [-0.2, 0) is 6.54 Å². The van der Waals surface area contributed by atoms with E-state index in [4.69, 9.17) is 4.98 Å². The van der Waals surface area contributed by atoms with Gasteiger partial charge in [-0.05, 0) is 50.7 Å². The normalized spacial score (nSPS) is 19.1. The molecular formula is C16H28N4. The van der Waals surface area contributed by atoms with Gasteiger partial charge in [0.25, 0.3) is 0 Å². The van der Waals surface area contributed by atoms with Crippen LogP contribution < -0.4 is 10.2 Å². The molecular weight excluding hydrogens is 248 g/mol. The zero-order valence-electron chi connectivity index (χ0n) is 13.3. The highest BCUT2D eigenvalue weighted by atomic mass is 15.3. The Hall–Kier alpha value is -1.13. The molecule has 2 heterocycles. The Morgan fingerprint density at radius 1 is 1.40 bits per heavy atom. The molecule has 0 aromatic carbocycles. The predicted molar refractivity (Wildman–Crippen MR) is 85.3 cm³/mol. The Kier molecular flexibility index (Phi) is 5.38. The van der Waals surface area contributed by atoms with Crippen molar-refractivity contribution in [2.24, 2.45) is 0 Å². The summed E-state index contributed by atoms with van der Waals surface area (Å²) in [6.07, 6.45) is 3.25. The van der Waals surface area contributed by atoms with E-state index in [1.54, 1.807) is 0 Å². The molecule has 1 saturated heterocycles. The molecule has 20 heavy (non-hydrogen) atoms. The zero-order chi connectivity index (χ0) is 14.5. The summed E-state index contributed by atoms with van der Waals surface area (Å²) in [5, 5.41) is 3.18. The number of nitrogens with one attached hydrogen (secondary N) is 1. The summed E-state index contributed by atoms with van der Waals surface area (Å²) in [5.41, 5.74) is 2.55. The molecule has 0 spiro atoms. The molecule has 1 aliphatic heterocycles. The second kappa shape index (κ2) is 7.04. The van der Waals surface area contributed by atoms with E-state index in [0.29, 0.717) is 6.04 Å². The number of anilines is 1. The molecule has 1 N–H and O–H groups in total. The van der Waals surface area contributed by atoms with Crippen molar-refractivity contribution in [2.75, 3.05) is 38.1 Å². The highest BCUT2D eigenvalue weighted by molar-refractivity contribution is 5.48. The van der Waals surface area contributed by atoms with Crippen molar-refractivity contribution < 1.29 is 0 Å². The molecule has 0 radical (unpaired) electrons. The maximum absolute atomic E-state index is 4.69. The summed E-state index contributed by atoms with van der Waals surface area (Å²) in [4.78, 5) is 9.70. The van der Waals surface area contributed by atoms with Gasteiger partial charge in [0.2, 0.25) is 0 Å². The molecule has 0 amide bonds. The highest BCUT2D eigenvalue weighted by Crippen LogP contribution is 2.24. The maximum atomic E-state index is 4.69. The van der Waals surface area contributed by atoms with Crippen LogP contribution in [0.1, 0.15) is 31.4 Å². The number of likely N-dealkylation sites (N-methyl/N-ethyl adjacent to an activating group) is 1. The quantitative estimate of drug-likeness (QED) is 0.861. The van der Waals surface area contributed by atoms with E-state index in [-0.39, 0.29) is 0 Å². The highest BCUT2D eigenvalue weighted by Gasteiger charge is 2.27. The topological polar surface area (TPSA) is 31.4 Å². The average molecular weight is 276 g/mol. The zero-order valence-corrected chi connectivity index (χ0v) is 13.3. The fourth-order valence-electron chi connectivity index (χ4n) is 3.23. The first-order valence-corrected chi connectivity index (χ1v) is 7.78. The Morgan fingerprint density at radius 3 is 2.75 bits per heavy atom. The first kappa shape index (κ1) is 15.3. The molecule has 1 fully saturated rings. The standard InChI is InChI=1S/C16H28N4/c1-5-19(6-2)15-7-8-20(12-15)16-13(3)9-14(10-17-4)11-18-16/h9,11,15,17H,5-8,10,12H2,1-4H3. The summed E-state index contributed by atoms with van der Waals surface area (Å²) >= 11 is 0. The lowest BCUT2D eigenvalue weighted by molar-refractivity contribution is 0.232. The van der Waals surface area contributed by atoms with Gasteiger partial charge in [0, 0.05) is 31.9 Å². The van der Waals surface area contributed by atoms with E-state index in [2.05, 4.69) is 42.0 Å². The Balaban J connectivity index is 2.06. The Bertz CT molecular complexity index is 428. The molecule has 2 rings (SSSR count).